The van der Waals surface area contributed by atoms with Crippen molar-refractivity contribution >= 4 is 35.9 Å². The van der Waals surface area contributed by atoms with E-state index in [1.54, 1.807) is 12.4 Å². The summed E-state index contributed by atoms with van der Waals surface area (Å²) in [6.45, 7) is 5.42. The first-order valence-electron chi connectivity index (χ1n) is 9.46. The minimum atomic E-state index is 0. The lowest BCUT2D eigenvalue weighted by Gasteiger charge is -2.36. The molecule has 0 bridgehead atoms. The zero-order valence-electron chi connectivity index (χ0n) is 15.6. The molecule has 7 nitrogen and oxygen atoms in total. The Bertz CT molecular complexity index is 530. The Balaban J connectivity index is 0.00000243. The SMILES string of the molecule is CN=C(NCCCOC1CCCC1)N1CCN(c2ncccn2)CC1.I. The number of nitrogens with one attached hydrogen (secondary N) is 1. The molecule has 0 radical (unpaired) electrons. The molecule has 0 amide bonds. The van der Waals surface area contributed by atoms with E-state index in [1.165, 1.54) is 25.7 Å². The molecule has 3 rings (SSSR count). The number of hydrogen-bond acceptors (Lipinski definition) is 5. The molecule has 1 aliphatic heterocycles. The average Bonchev–Trinajstić information content (AvgIpc) is 3.19. The maximum atomic E-state index is 5.91. The molecular weight excluding hydrogens is 443 g/mol. The van der Waals surface area contributed by atoms with Gasteiger partial charge in [0.1, 0.15) is 0 Å². The Morgan fingerprint density at radius 2 is 1.88 bits per heavy atom. The fraction of sp³-hybridized carbons (Fsp3) is 0.722. The van der Waals surface area contributed by atoms with Crippen LogP contribution in [0.4, 0.5) is 5.95 Å². The van der Waals surface area contributed by atoms with Crippen LogP contribution in [0.1, 0.15) is 32.1 Å². The Hall–Kier alpha value is -1.16. The number of rotatable bonds is 6. The average molecular weight is 474 g/mol. The van der Waals surface area contributed by atoms with Gasteiger partial charge in [-0.3, -0.25) is 4.99 Å². The van der Waals surface area contributed by atoms with E-state index in [1.807, 2.05) is 13.1 Å². The normalized spacial score (nSPS) is 18.7. The number of guanidine groups is 1. The van der Waals surface area contributed by atoms with Crippen molar-refractivity contribution in [1.82, 2.24) is 20.2 Å². The van der Waals surface area contributed by atoms with Crippen molar-refractivity contribution in [2.24, 2.45) is 4.99 Å². The maximum Gasteiger partial charge on any atom is 0.225 e. The first-order chi connectivity index (χ1) is 12.4. The van der Waals surface area contributed by atoms with E-state index >= 15 is 0 Å². The van der Waals surface area contributed by atoms with Gasteiger partial charge in [-0.15, -0.1) is 24.0 Å². The van der Waals surface area contributed by atoms with E-state index < -0.39 is 0 Å². The second kappa shape index (κ2) is 11.5. The van der Waals surface area contributed by atoms with E-state index in [0.717, 1.165) is 57.7 Å². The third-order valence-corrected chi connectivity index (χ3v) is 4.89. The molecule has 146 valence electrons. The summed E-state index contributed by atoms with van der Waals surface area (Å²) in [5.41, 5.74) is 0. The van der Waals surface area contributed by atoms with Gasteiger partial charge in [0.05, 0.1) is 6.10 Å². The molecule has 26 heavy (non-hydrogen) atoms. The van der Waals surface area contributed by atoms with Crippen molar-refractivity contribution in [3.63, 3.8) is 0 Å². The smallest absolute Gasteiger partial charge is 0.225 e. The quantitative estimate of drug-likeness (QED) is 0.295. The fourth-order valence-corrected chi connectivity index (χ4v) is 3.48. The van der Waals surface area contributed by atoms with Crippen LogP contribution in [0, 0.1) is 0 Å². The lowest BCUT2D eigenvalue weighted by Crippen LogP contribution is -2.53. The number of anilines is 1. The number of aromatic nitrogens is 2. The number of nitrogens with zero attached hydrogens (tertiary/aromatic N) is 5. The van der Waals surface area contributed by atoms with Crippen LogP contribution in [0.3, 0.4) is 0 Å². The summed E-state index contributed by atoms with van der Waals surface area (Å²) in [6, 6.07) is 1.85. The summed E-state index contributed by atoms with van der Waals surface area (Å²) in [6.07, 6.45) is 10.3. The van der Waals surface area contributed by atoms with Crippen molar-refractivity contribution in [3.05, 3.63) is 18.5 Å². The minimum Gasteiger partial charge on any atom is -0.378 e. The van der Waals surface area contributed by atoms with E-state index in [0.29, 0.717) is 6.10 Å². The first-order valence-corrected chi connectivity index (χ1v) is 9.46. The van der Waals surface area contributed by atoms with Gasteiger partial charge in [-0.2, -0.15) is 0 Å². The second-order valence-electron chi connectivity index (χ2n) is 6.63. The van der Waals surface area contributed by atoms with Crippen LogP contribution in [0.15, 0.2) is 23.5 Å². The molecule has 2 heterocycles. The number of halogens is 1. The molecule has 0 atom stereocenters. The lowest BCUT2D eigenvalue weighted by molar-refractivity contribution is 0.0573. The highest BCUT2D eigenvalue weighted by atomic mass is 127. The Morgan fingerprint density at radius 1 is 1.19 bits per heavy atom. The van der Waals surface area contributed by atoms with Gasteiger partial charge in [0.25, 0.3) is 0 Å². The number of ether oxygens (including phenoxy) is 1. The third-order valence-electron chi connectivity index (χ3n) is 4.89. The molecule has 0 aromatic carbocycles. The monoisotopic (exact) mass is 474 g/mol. The van der Waals surface area contributed by atoms with Crippen molar-refractivity contribution < 1.29 is 4.74 Å². The summed E-state index contributed by atoms with van der Waals surface area (Å²) in [4.78, 5) is 17.6. The largest absolute Gasteiger partial charge is 0.378 e. The molecule has 1 saturated heterocycles. The Morgan fingerprint density at radius 3 is 2.54 bits per heavy atom. The van der Waals surface area contributed by atoms with E-state index in [9.17, 15) is 0 Å². The highest BCUT2D eigenvalue weighted by molar-refractivity contribution is 14.0. The summed E-state index contributed by atoms with van der Waals surface area (Å²) in [5.74, 6) is 1.80. The standard InChI is InChI=1S/C18H30N6O.HI/c1-19-17(20-10-5-15-25-16-6-2-3-7-16)23-11-13-24(14-12-23)18-21-8-4-9-22-18;/h4,8-9,16H,2-3,5-7,10-15H2,1H3,(H,19,20);1H. The van der Waals surface area contributed by atoms with Crippen molar-refractivity contribution in [2.75, 3.05) is 51.3 Å². The van der Waals surface area contributed by atoms with Crippen LogP contribution in [0.5, 0.6) is 0 Å². The predicted octanol–water partition coefficient (Wildman–Crippen LogP) is 2.14. The van der Waals surface area contributed by atoms with Gasteiger partial charge in [0, 0.05) is 58.8 Å². The van der Waals surface area contributed by atoms with Crippen LogP contribution < -0.4 is 10.2 Å². The van der Waals surface area contributed by atoms with Gasteiger partial charge in [0.15, 0.2) is 5.96 Å². The number of hydrogen-bond donors (Lipinski definition) is 1. The van der Waals surface area contributed by atoms with Crippen molar-refractivity contribution in [2.45, 2.75) is 38.2 Å². The van der Waals surface area contributed by atoms with E-state index in [-0.39, 0.29) is 24.0 Å². The van der Waals surface area contributed by atoms with Gasteiger partial charge >= 0.3 is 0 Å². The molecule has 2 fully saturated rings. The summed E-state index contributed by atoms with van der Waals surface area (Å²) < 4.78 is 5.91. The summed E-state index contributed by atoms with van der Waals surface area (Å²) >= 11 is 0. The van der Waals surface area contributed by atoms with Gasteiger partial charge in [-0.25, -0.2) is 9.97 Å². The molecule has 1 saturated carbocycles. The highest BCUT2D eigenvalue weighted by Crippen LogP contribution is 2.20. The van der Waals surface area contributed by atoms with Crippen LogP contribution in [-0.2, 0) is 4.74 Å². The van der Waals surface area contributed by atoms with Crippen LogP contribution in [-0.4, -0.2) is 73.3 Å². The second-order valence-corrected chi connectivity index (χ2v) is 6.63. The van der Waals surface area contributed by atoms with Gasteiger partial charge in [-0.1, -0.05) is 12.8 Å². The van der Waals surface area contributed by atoms with Gasteiger partial charge in [0.2, 0.25) is 5.95 Å². The molecular formula is C18H31IN6O. The van der Waals surface area contributed by atoms with Crippen molar-refractivity contribution in [3.8, 4) is 0 Å². The third kappa shape index (κ3) is 6.22. The molecule has 8 heteroatoms. The van der Waals surface area contributed by atoms with Crippen molar-refractivity contribution in [1.29, 1.82) is 0 Å². The predicted molar refractivity (Wildman–Crippen MR) is 115 cm³/mol. The Labute approximate surface area is 173 Å². The number of piperazine rings is 1. The molecule has 1 N–H and O–H groups in total. The zero-order valence-corrected chi connectivity index (χ0v) is 18.0. The molecule has 0 unspecified atom stereocenters. The maximum absolute atomic E-state index is 5.91. The molecule has 2 aliphatic rings. The summed E-state index contributed by atoms with van der Waals surface area (Å²) in [7, 11) is 1.85. The molecule has 1 aromatic heterocycles. The van der Waals surface area contributed by atoms with Crippen LogP contribution >= 0.6 is 24.0 Å². The van der Waals surface area contributed by atoms with Crippen LogP contribution in [0.2, 0.25) is 0 Å². The summed E-state index contributed by atoms with van der Waals surface area (Å²) in [5, 5.41) is 3.47. The van der Waals surface area contributed by atoms with Gasteiger partial charge < -0.3 is 19.9 Å². The molecule has 0 spiro atoms. The first kappa shape index (κ1) is 21.1. The lowest BCUT2D eigenvalue weighted by atomic mass is 10.3. The van der Waals surface area contributed by atoms with Gasteiger partial charge in [-0.05, 0) is 25.3 Å². The van der Waals surface area contributed by atoms with Crippen LogP contribution in [0.25, 0.3) is 0 Å². The Kier molecular flexibility index (Phi) is 9.38. The van der Waals surface area contributed by atoms with E-state index in [4.69, 9.17) is 4.74 Å². The fourth-order valence-electron chi connectivity index (χ4n) is 3.48. The topological polar surface area (TPSA) is 65.9 Å². The van der Waals surface area contributed by atoms with E-state index in [2.05, 4.69) is 30.1 Å². The molecule has 1 aliphatic carbocycles. The minimum absolute atomic E-state index is 0. The number of aliphatic imine (C=N–C) groups is 1. The molecule has 1 aromatic rings. The zero-order chi connectivity index (χ0) is 17.3. The highest BCUT2D eigenvalue weighted by Gasteiger charge is 2.21.